The second-order valence-electron chi connectivity index (χ2n) is 7.30. The summed E-state index contributed by atoms with van der Waals surface area (Å²) in [6.07, 6.45) is 1.33. The summed E-state index contributed by atoms with van der Waals surface area (Å²) in [6.45, 7) is 2.40. The molecule has 8 nitrogen and oxygen atoms in total. The van der Waals surface area contributed by atoms with Gasteiger partial charge in [0.1, 0.15) is 6.04 Å². The van der Waals surface area contributed by atoms with E-state index in [1.807, 2.05) is 13.1 Å². The molecule has 4 amide bonds. The molecule has 0 saturated carbocycles. The van der Waals surface area contributed by atoms with E-state index in [9.17, 15) is 19.2 Å². The molecule has 0 spiro atoms. The second-order valence-corrected chi connectivity index (χ2v) is 7.30. The van der Waals surface area contributed by atoms with E-state index < -0.39 is 23.8 Å². The first kappa shape index (κ1) is 17.8. The Labute approximate surface area is 156 Å². The molecule has 4 rings (SSSR count). The van der Waals surface area contributed by atoms with Gasteiger partial charge in [-0.15, -0.1) is 0 Å². The van der Waals surface area contributed by atoms with E-state index in [2.05, 4.69) is 15.5 Å². The van der Waals surface area contributed by atoms with Crippen LogP contribution in [-0.4, -0.2) is 65.6 Å². The average Bonchev–Trinajstić information content (AvgIpc) is 3.20. The monoisotopic (exact) mass is 370 g/mol. The highest BCUT2D eigenvalue weighted by molar-refractivity contribution is 6.24. The lowest BCUT2D eigenvalue weighted by atomic mass is 10.0. The van der Waals surface area contributed by atoms with Crippen LogP contribution in [-0.2, 0) is 16.1 Å². The summed E-state index contributed by atoms with van der Waals surface area (Å²) in [5, 5.41) is 5.48. The number of rotatable bonds is 4. The number of carbonyl (C=O) groups is 4. The zero-order valence-electron chi connectivity index (χ0n) is 15.2. The van der Waals surface area contributed by atoms with Crippen molar-refractivity contribution in [3.63, 3.8) is 0 Å². The quantitative estimate of drug-likeness (QED) is 0.717. The molecule has 1 aromatic rings. The van der Waals surface area contributed by atoms with Crippen molar-refractivity contribution in [2.45, 2.75) is 37.9 Å². The van der Waals surface area contributed by atoms with Crippen LogP contribution >= 0.6 is 0 Å². The van der Waals surface area contributed by atoms with Crippen molar-refractivity contribution in [2.24, 2.45) is 0 Å². The Morgan fingerprint density at radius 3 is 2.67 bits per heavy atom. The molecule has 2 saturated heterocycles. The lowest BCUT2D eigenvalue weighted by molar-refractivity contribution is -0.136. The van der Waals surface area contributed by atoms with Crippen molar-refractivity contribution < 1.29 is 19.2 Å². The first-order valence-electron chi connectivity index (χ1n) is 9.22. The molecule has 1 unspecified atom stereocenters. The molecule has 0 bridgehead atoms. The Morgan fingerprint density at radius 2 is 1.96 bits per heavy atom. The molecule has 2 N–H and O–H groups in total. The molecule has 0 aromatic heterocycles. The second kappa shape index (κ2) is 6.86. The van der Waals surface area contributed by atoms with Crippen LogP contribution in [0, 0.1) is 0 Å². The van der Waals surface area contributed by atoms with E-state index in [1.165, 1.54) is 0 Å². The van der Waals surface area contributed by atoms with Crippen LogP contribution in [0.15, 0.2) is 18.2 Å². The number of fused-ring (bicyclic) bond motifs is 1. The molecule has 3 aliphatic heterocycles. The normalized spacial score (nSPS) is 25.9. The number of piperidine rings is 1. The summed E-state index contributed by atoms with van der Waals surface area (Å²) in [4.78, 5) is 52.7. The maximum atomic E-state index is 13.1. The summed E-state index contributed by atoms with van der Waals surface area (Å²) in [7, 11) is 1.94. The maximum Gasteiger partial charge on any atom is 0.262 e. The first-order chi connectivity index (χ1) is 13.0. The molecule has 2 fully saturated rings. The Hall–Kier alpha value is -2.58. The minimum Gasteiger partial charge on any atom is -0.316 e. The van der Waals surface area contributed by atoms with Crippen LogP contribution in [0.1, 0.15) is 45.5 Å². The predicted octanol–water partition coefficient (Wildman–Crippen LogP) is -0.118. The third-order valence-electron chi connectivity index (χ3n) is 5.63. The van der Waals surface area contributed by atoms with Crippen LogP contribution in [0.5, 0.6) is 0 Å². The van der Waals surface area contributed by atoms with Gasteiger partial charge >= 0.3 is 0 Å². The summed E-state index contributed by atoms with van der Waals surface area (Å²) in [5.74, 6) is -1.86. The number of hydrogen-bond acceptors (Lipinski definition) is 6. The van der Waals surface area contributed by atoms with Crippen LogP contribution in [0.3, 0.4) is 0 Å². The van der Waals surface area contributed by atoms with Gasteiger partial charge in [0.15, 0.2) is 0 Å². The van der Waals surface area contributed by atoms with Gasteiger partial charge in [0, 0.05) is 32.1 Å². The van der Waals surface area contributed by atoms with Crippen LogP contribution < -0.4 is 10.6 Å². The number of nitrogens with zero attached hydrogens (tertiary/aromatic N) is 2. The molecule has 0 aliphatic carbocycles. The van der Waals surface area contributed by atoms with E-state index in [-0.39, 0.29) is 18.7 Å². The first-order valence-corrected chi connectivity index (χ1v) is 9.22. The van der Waals surface area contributed by atoms with Gasteiger partial charge in [0.2, 0.25) is 11.8 Å². The van der Waals surface area contributed by atoms with Gasteiger partial charge in [-0.05, 0) is 31.5 Å². The van der Waals surface area contributed by atoms with E-state index in [0.29, 0.717) is 23.7 Å². The molecule has 2 atom stereocenters. The number of hydrogen-bond donors (Lipinski definition) is 2. The van der Waals surface area contributed by atoms with Gasteiger partial charge in [-0.1, -0.05) is 12.1 Å². The lowest BCUT2D eigenvalue weighted by Crippen LogP contribution is -2.54. The molecule has 3 heterocycles. The van der Waals surface area contributed by atoms with Gasteiger partial charge < -0.3 is 5.32 Å². The fourth-order valence-electron chi connectivity index (χ4n) is 4.17. The summed E-state index contributed by atoms with van der Waals surface area (Å²) >= 11 is 0. The van der Waals surface area contributed by atoms with Gasteiger partial charge in [-0.2, -0.15) is 0 Å². The Kier molecular flexibility index (Phi) is 4.53. The number of benzene rings is 1. The van der Waals surface area contributed by atoms with E-state index in [1.54, 1.807) is 12.1 Å². The van der Waals surface area contributed by atoms with Crippen LogP contribution in [0.2, 0.25) is 0 Å². The summed E-state index contributed by atoms with van der Waals surface area (Å²) in [5.41, 5.74) is 1.53. The number of carbonyl (C=O) groups excluding carboxylic acids is 4. The van der Waals surface area contributed by atoms with Crippen LogP contribution in [0.25, 0.3) is 0 Å². The number of nitrogens with one attached hydrogen (secondary N) is 2. The number of likely N-dealkylation sites (tertiary alicyclic amines) is 1. The predicted molar refractivity (Wildman–Crippen MR) is 95.9 cm³/mol. The number of imide groups is 2. The largest absolute Gasteiger partial charge is 0.316 e. The van der Waals surface area contributed by atoms with E-state index in [0.717, 1.165) is 30.0 Å². The van der Waals surface area contributed by atoms with Crippen molar-refractivity contribution in [2.75, 3.05) is 20.1 Å². The molecular weight excluding hydrogens is 348 g/mol. The summed E-state index contributed by atoms with van der Waals surface area (Å²) < 4.78 is 0. The molecule has 1 aromatic carbocycles. The lowest BCUT2D eigenvalue weighted by Gasteiger charge is -2.28. The van der Waals surface area contributed by atoms with Crippen molar-refractivity contribution in [1.82, 2.24) is 20.4 Å². The molecule has 0 radical (unpaired) electrons. The maximum absolute atomic E-state index is 13.1. The Morgan fingerprint density at radius 1 is 1.15 bits per heavy atom. The minimum atomic E-state index is -0.927. The summed E-state index contributed by atoms with van der Waals surface area (Å²) in [6, 6.07) is 4.78. The van der Waals surface area contributed by atoms with Gasteiger partial charge in [-0.25, -0.2) is 0 Å². The van der Waals surface area contributed by atoms with Crippen LogP contribution in [0.4, 0.5) is 0 Å². The molecular formula is C19H22N4O4. The molecule has 27 heavy (non-hydrogen) atoms. The van der Waals surface area contributed by atoms with Crippen molar-refractivity contribution in [3.8, 4) is 0 Å². The third-order valence-corrected chi connectivity index (χ3v) is 5.63. The zero-order valence-corrected chi connectivity index (χ0v) is 15.2. The van der Waals surface area contributed by atoms with Gasteiger partial charge in [-0.3, -0.25) is 34.3 Å². The van der Waals surface area contributed by atoms with E-state index in [4.69, 9.17) is 0 Å². The Bertz CT molecular complexity index is 837. The third kappa shape index (κ3) is 3.04. The fourth-order valence-corrected chi connectivity index (χ4v) is 4.17. The number of amides is 4. The highest BCUT2D eigenvalue weighted by Gasteiger charge is 2.45. The van der Waals surface area contributed by atoms with E-state index >= 15 is 0 Å². The highest BCUT2D eigenvalue weighted by atomic mass is 16.2. The standard InChI is InChI=1S/C19H22N4O4/c1-20-12-7-8-22(10-12)9-11-3-2-4-13-16(11)19(27)23(18(13)26)14-5-6-15(24)21-17(14)25/h2-4,12,14,20H,5-10H2,1H3,(H,21,24,25)/t12-,14?/m0/s1. The SMILES string of the molecule is CN[C@H]1CCN(Cc2cccc3c2C(=O)N(C2CCC(=O)NC2=O)C3=O)C1. The zero-order chi connectivity index (χ0) is 19.1. The van der Waals surface area contributed by atoms with Crippen molar-refractivity contribution in [3.05, 3.63) is 34.9 Å². The van der Waals surface area contributed by atoms with Crippen molar-refractivity contribution >= 4 is 23.6 Å². The Balaban J connectivity index is 1.60. The number of likely N-dealkylation sites (N-methyl/N-ethyl adjacent to an activating group) is 1. The molecule has 142 valence electrons. The van der Waals surface area contributed by atoms with Crippen molar-refractivity contribution in [1.29, 1.82) is 0 Å². The van der Waals surface area contributed by atoms with Gasteiger partial charge in [0.25, 0.3) is 11.8 Å². The average molecular weight is 370 g/mol. The fraction of sp³-hybridized carbons (Fsp3) is 0.474. The molecule has 8 heteroatoms. The minimum absolute atomic E-state index is 0.121. The van der Waals surface area contributed by atoms with Gasteiger partial charge in [0.05, 0.1) is 11.1 Å². The smallest absolute Gasteiger partial charge is 0.262 e. The topological polar surface area (TPSA) is 98.8 Å². The molecule has 3 aliphatic rings. The highest BCUT2D eigenvalue weighted by Crippen LogP contribution is 2.31.